The fourth-order valence-electron chi connectivity index (χ4n) is 5.32. The van der Waals surface area contributed by atoms with E-state index >= 15 is 0 Å². The molecule has 0 aliphatic rings. The Kier molecular flexibility index (Phi) is 9.80. The number of pyridine rings is 2. The van der Waals surface area contributed by atoms with Crippen LogP contribution in [0.15, 0.2) is 128 Å². The molecule has 0 amide bonds. The molecule has 6 aromatic rings. The molecule has 0 spiro atoms. The van der Waals surface area contributed by atoms with Crippen molar-refractivity contribution in [2.45, 2.75) is 46.0 Å². The maximum absolute atomic E-state index is 4.75. The van der Waals surface area contributed by atoms with Crippen LogP contribution in [0.2, 0.25) is 0 Å². The molecule has 4 heteroatoms. The van der Waals surface area contributed by atoms with E-state index in [4.69, 9.17) is 4.98 Å². The molecule has 6 rings (SSSR count). The molecular formula is C41H37N3Pt. The fourth-order valence-corrected chi connectivity index (χ4v) is 5.32. The molecule has 3 nitrogen and oxygen atoms in total. The van der Waals surface area contributed by atoms with Gasteiger partial charge in [-0.25, -0.2) is 0 Å². The molecule has 2 aromatic heterocycles. The van der Waals surface area contributed by atoms with Crippen LogP contribution in [0.3, 0.4) is 0 Å². The first-order valence-electron chi connectivity index (χ1n) is 15.2. The summed E-state index contributed by atoms with van der Waals surface area (Å²) in [6, 6.07) is 47.5. The van der Waals surface area contributed by atoms with Crippen molar-refractivity contribution in [3.63, 3.8) is 0 Å². The van der Waals surface area contributed by atoms with Crippen LogP contribution < -0.4 is 4.90 Å². The molecule has 0 saturated carbocycles. The standard InChI is InChI=1S/C41H37N3.Pt/c1-29(2)34-23-35(41(3,4)5)28-38(26-34)44(36-17-11-15-32(24-36)39-19-9-10-21-42-39)37-18-12-16-33(25-37)40-27-31(20-22-43-40)30-13-7-6-8-14-30;/h6-23,26-29H,1-5H3;/q-2;+2. The second-order valence-corrected chi connectivity index (χ2v) is 12.5. The number of hydrogen-bond donors (Lipinski definition) is 0. The topological polar surface area (TPSA) is 29.0 Å². The van der Waals surface area contributed by atoms with E-state index in [9.17, 15) is 0 Å². The molecule has 226 valence electrons. The van der Waals surface area contributed by atoms with Crippen molar-refractivity contribution in [1.82, 2.24) is 9.97 Å². The number of benzene rings is 4. The fraction of sp³-hybridized carbons (Fsp3) is 0.171. The number of hydrogen-bond acceptors (Lipinski definition) is 3. The molecule has 4 aromatic carbocycles. The van der Waals surface area contributed by atoms with Gasteiger partial charge in [0.2, 0.25) is 0 Å². The van der Waals surface area contributed by atoms with Crippen molar-refractivity contribution < 1.29 is 21.1 Å². The van der Waals surface area contributed by atoms with E-state index in [1.165, 1.54) is 11.1 Å². The summed E-state index contributed by atoms with van der Waals surface area (Å²) >= 11 is 0. The Balaban J connectivity index is 0.00000400. The largest absolute Gasteiger partial charge is 2.00 e. The van der Waals surface area contributed by atoms with Gasteiger partial charge in [-0.05, 0) is 80.6 Å². The van der Waals surface area contributed by atoms with E-state index < -0.39 is 0 Å². The Hall–Kier alpha value is -4.33. The molecule has 0 unspecified atom stereocenters. The van der Waals surface area contributed by atoms with E-state index in [-0.39, 0.29) is 26.5 Å². The maximum Gasteiger partial charge on any atom is 2.00 e. The molecule has 0 saturated heterocycles. The van der Waals surface area contributed by atoms with E-state index in [0.717, 1.165) is 50.7 Å². The van der Waals surface area contributed by atoms with E-state index in [2.05, 4.69) is 148 Å². The molecule has 2 heterocycles. The average Bonchev–Trinajstić information content (AvgIpc) is 3.05. The van der Waals surface area contributed by atoms with Gasteiger partial charge in [0.1, 0.15) is 0 Å². The van der Waals surface area contributed by atoms with Crippen molar-refractivity contribution in [2.24, 2.45) is 0 Å². The van der Waals surface area contributed by atoms with Crippen molar-refractivity contribution >= 4 is 17.1 Å². The van der Waals surface area contributed by atoms with Gasteiger partial charge >= 0.3 is 21.1 Å². The van der Waals surface area contributed by atoms with Crippen LogP contribution in [-0.2, 0) is 26.5 Å². The molecule has 0 bridgehead atoms. The van der Waals surface area contributed by atoms with Crippen LogP contribution in [0.5, 0.6) is 0 Å². The smallest absolute Gasteiger partial charge is 0.346 e. The summed E-state index contributed by atoms with van der Waals surface area (Å²) < 4.78 is 0. The van der Waals surface area contributed by atoms with Crippen molar-refractivity contribution in [2.75, 3.05) is 4.90 Å². The molecule has 0 aliphatic carbocycles. The molecule has 0 N–H and O–H groups in total. The van der Waals surface area contributed by atoms with Gasteiger partial charge in [-0.2, -0.15) is 0 Å². The molecule has 0 fully saturated rings. The first-order valence-corrected chi connectivity index (χ1v) is 15.2. The number of aromatic nitrogens is 2. The van der Waals surface area contributed by atoms with Gasteiger partial charge in [0.25, 0.3) is 0 Å². The zero-order valence-corrected chi connectivity index (χ0v) is 28.6. The third-order valence-corrected chi connectivity index (χ3v) is 7.86. The molecule has 45 heavy (non-hydrogen) atoms. The third kappa shape index (κ3) is 7.32. The second kappa shape index (κ2) is 13.8. The zero-order chi connectivity index (χ0) is 30.7. The maximum atomic E-state index is 4.75. The Morgan fingerprint density at radius 3 is 1.87 bits per heavy atom. The predicted octanol–water partition coefficient (Wildman–Crippen LogP) is 11.0. The minimum absolute atomic E-state index is 0. The van der Waals surface area contributed by atoms with Crippen LogP contribution in [0.25, 0.3) is 33.6 Å². The van der Waals surface area contributed by atoms with Gasteiger partial charge in [0.15, 0.2) is 0 Å². The van der Waals surface area contributed by atoms with Gasteiger partial charge in [-0.1, -0.05) is 89.2 Å². The molecular weight excluding hydrogens is 730 g/mol. The van der Waals surface area contributed by atoms with E-state index in [1.54, 1.807) is 0 Å². The summed E-state index contributed by atoms with van der Waals surface area (Å²) in [7, 11) is 0. The summed E-state index contributed by atoms with van der Waals surface area (Å²) in [4.78, 5) is 11.6. The van der Waals surface area contributed by atoms with Crippen LogP contribution in [0.4, 0.5) is 17.1 Å². The SMILES string of the molecule is CC(C)c1cc(N(c2[c-]c(-c3ccccn3)ccc2)c2[c-]c(-c3cc(-c4ccccc4)ccn3)ccc2)cc(C(C)(C)C)c1.[Pt+2]. The zero-order valence-electron chi connectivity index (χ0n) is 26.4. The van der Waals surface area contributed by atoms with E-state index in [0.29, 0.717) is 5.92 Å². The van der Waals surface area contributed by atoms with Crippen molar-refractivity contribution in [3.8, 4) is 33.6 Å². The van der Waals surface area contributed by atoms with Gasteiger partial charge < -0.3 is 14.9 Å². The first kappa shape index (κ1) is 32.1. The second-order valence-electron chi connectivity index (χ2n) is 12.5. The van der Waals surface area contributed by atoms with Crippen LogP contribution in [-0.4, -0.2) is 9.97 Å². The summed E-state index contributed by atoms with van der Waals surface area (Å²) in [6.45, 7) is 11.3. The third-order valence-electron chi connectivity index (χ3n) is 7.86. The number of nitrogens with zero attached hydrogens (tertiary/aromatic N) is 3. The quantitative estimate of drug-likeness (QED) is 0.152. The minimum atomic E-state index is -0.0157. The first-order chi connectivity index (χ1) is 21.3. The Labute approximate surface area is 282 Å². The summed E-state index contributed by atoms with van der Waals surface area (Å²) in [5.41, 5.74) is 11.4. The number of rotatable bonds is 7. The van der Waals surface area contributed by atoms with Gasteiger partial charge in [-0.3, -0.25) is 0 Å². The monoisotopic (exact) mass is 766 g/mol. The van der Waals surface area contributed by atoms with Crippen LogP contribution in [0, 0.1) is 12.1 Å². The number of anilines is 3. The minimum Gasteiger partial charge on any atom is -0.346 e. The van der Waals surface area contributed by atoms with E-state index in [1.807, 2.05) is 36.7 Å². The average molecular weight is 767 g/mol. The summed E-state index contributed by atoms with van der Waals surface area (Å²) in [5.74, 6) is 0.377. The van der Waals surface area contributed by atoms with Crippen molar-refractivity contribution in [1.29, 1.82) is 0 Å². The Morgan fingerprint density at radius 1 is 0.600 bits per heavy atom. The van der Waals surface area contributed by atoms with Gasteiger partial charge in [-0.15, -0.1) is 59.7 Å². The summed E-state index contributed by atoms with van der Waals surface area (Å²) in [5, 5.41) is 0. The molecule has 0 atom stereocenters. The van der Waals surface area contributed by atoms with Crippen LogP contribution >= 0.6 is 0 Å². The summed E-state index contributed by atoms with van der Waals surface area (Å²) in [6.07, 6.45) is 3.70. The molecule has 0 radical (unpaired) electrons. The normalized spacial score (nSPS) is 11.2. The van der Waals surface area contributed by atoms with Crippen LogP contribution in [0.1, 0.15) is 51.7 Å². The molecule has 0 aliphatic heterocycles. The van der Waals surface area contributed by atoms with Crippen molar-refractivity contribution in [3.05, 3.63) is 151 Å². The van der Waals surface area contributed by atoms with Gasteiger partial charge in [0.05, 0.1) is 0 Å². The van der Waals surface area contributed by atoms with Gasteiger partial charge in [0, 0.05) is 18.1 Å². The predicted molar refractivity (Wildman–Crippen MR) is 183 cm³/mol. The Morgan fingerprint density at radius 2 is 1.24 bits per heavy atom. The Bertz CT molecular complexity index is 1880.